The van der Waals surface area contributed by atoms with E-state index in [9.17, 15) is 4.79 Å². The topological polar surface area (TPSA) is 52.3 Å². The van der Waals surface area contributed by atoms with Crippen molar-refractivity contribution in [2.45, 2.75) is 46.5 Å². The maximum atomic E-state index is 11.8. The summed E-state index contributed by atoms with van der Waals surface area (Å²) in [7, 11) is 0. The van der Waals surface area contributed by atoms with Gasteiger partial charge >= 0.3 is 5.63 Å². The van der Waals surface area contributed by atoms with Gasteiger partial charge in [-0.1, -0.05) is 33.1 Å². The first-order chi connectivity index (χ1) is 10.1. The molecule has 0 aliphatic carbocycles. The maximum absolute atomic E-state index is 11.8. The van der Waals surface area contributed by atoms with Crippen molar-refractivity contribution in [2.75, 3.05) is 6.61 Å². The van der Waals surface area contributed by atoms with E-state index in [1.54, 1.807) is 13.0 Å². The molecule has 4 heteroatoms. The quantitative estimate of drug-likeness (QED) is 0.770. The van der Waals surface area contributed by atoms with Crippen molar-refractivity contribution in [3.05, 3.63) is 34.5 Å². The highest BCUT2D eigenvalue weighted by molar-refractivity contribution is 5.78. The zero-order valence-corrected chi connectivity index (χ0v) is 13.0. The Hall–Kier alpha value is -1.84. The Morgan fingerprint density at radius 3 is 2.86 bits per heavy atom. The Morgan fingerprint density at radius 2 is 2.14 bits per heavy atom. The van der Waals surface area contributed by atoms with E-state index in [0.29, 0.717) is 35.1 Å². The molecule has 1 unspecified atom stereocenters. The van der Waals surface area contributed by atoms with Gasteiger partial charge in [0.2, 0.25) is 0 Å². The molecule has 0 saturated carbocycles. The Kier molecular flexibility index (Phi) is 5.37. The molecule has 1 aromatic heterocycles. The molecule has 1 atom stereocenters. The third kappa shape index (κ3) is 4.06. The van der Waals surface area contributed by atoms with Crippen molar-refractivity contribution in [1.29, 1.82) is 0 Å². The molecule has 0 aliphatic rings. The molecule has 2 rings (SSSR count). The second kappa shape index (κ2) is 7.25. The van der Waals surface area contributed by atoms with Gasteiger partial charge in [-0.25, -0.2) is 9.78 Å². The molecule has 0 amide bonds. The van der Waals surface area contributed by atoms with E-state index >= 15 is 0 Å². The van der Waals surface area contributed by atoms with Gasteiger partial charge in [-0.3, -0.25) is 0 Å². The highest BCUT2D eigenvalue weighted by atomic mass is 16.5. The molecule has 1 aromatic carbocycles. The van der Waals surface area contributed by atoms with Crippen molar-refractivity contribution in [2.24, 2.45) is 5.92 Å². The molecule has 0 radical (unpaired) electrons. The monoisotopic (exact) mass is 289 g/mol. The van der Waals surface area contributed by atoms with E-state index in [2.05, 4.69) is 18.8 Å². The molecular weight excluding hydrogens is 266 g/mol. The fourth-order valence-electron chi connectivity index (χ4n) is 2.36. The van der Waals surface area contributed by atoms with Crippen LogP contribution in [0.4, 0.5) is 0 Å². The van der Waals surface area contributed by atoms with Crippen LogP contribution in [0.3, 0.4) is 0 Å². The lowest BCUT2D eigenvalue weighted by molar-refractivity contribution is 0.233. The van der Waals surface area contributed by atoms with Gasteiger partial charge in [-0.15, -0.1) is 0 Å². The largest absolute Gasteiger partial charge is 0.493 e. The first kappa shape index (κ1) is 15.5. The zero-order chi connectivity index (χ0) is 15.2. The summed E-state index contributed by atoms with van der Waals surface area (Å²) in [6.07, 6.45) is 4.73. The number of unbranched alkanes of at least 4 members (excludes halogenated alkanes) is 1. The van der Waals surface area contributed by atoms with Crippen LogP contribution in [0.1, 0.15) is 45.4 Å². The minimum Gasteiger partial charge on any atom is -0.493 e. The third-order valence-corrected chi connectivity index (χ3v) is 3.74. The summed E-state index contributed by atoms with van der Waals surface area (Å²) < 4.78 is 10.9. The second-order valence-corrected chi connectivity index (χ2v) is 5.43. The number of ether oxygens (including phenoxy) is 1. The molecular formula is C17H23NO3. The number of aryl methyl sites for hydroxylation is 1. The molecule has 0 bridgehead atoms. The summed E-state index contributed by atoms with van der Waals surface area (Å²) in [5.74, 6) is 1.65. The van der Waals surface area contributed by atoms with E-state index < -0.39 is 0 Å². The second-order valence-electron chi connectivity index (χ2n) is 5.43. The highest BCUT2D eigenvalue weighted by Gasteiger charge is 2.09. The minimum absolute atomic E-state index is 0.360. The van der Waals surface area contributed by atoms with Crippen molar-refractivity contribution in [3.63, 3.8) is 0 Å². The summed E-state index contributed by atoms with van der Waals surface area (Å²) in [5.41, 5.74) is 0.287. The minimum atomic E-state index is -0.360. The van der Waals surface area contributed by atoms with Crippen LogP contribution in [0.2, 0.25) is 0 Å². The number of aromatic nitrogens is 1. The normalized spacial score (nSPS) is 12.5. The number of hydrogen-bond donors (Lipinski definition) is 0. The van der Waals surface area contributed by atoms with E-state index in [1.807, 2.05) is 12.1 Å². The van der Waals surface area contributed by atoms with Gasteiger partial charge in [-0.2, -0.15) is 0 Å². The fraction of sp³-hybridized carbons (Fsp3) is 0.529. The molecule has 1 heterocycles. The Bertz CT molecular complexity index is 648. The predicted octanol–water partition coefficient (Wildman–Crippen LogP) is 4.09. The van der Waals surface area contributed by atoms with Crippen molar-refractivity contribution < 1.29 is 9.15 Å². The molecule has 0 aliphatic heterocycles. The number of benzene rings is 1. The van der Waals surface area contributed by atoms with Gasteiger partial charge in [0.15, 0.2) is 5.89 Å². The Morgan fingerprint density at radius 1 is 1.33 bits per heavy atom. The van der Waals surface area contributed by atoms with E-state index in [-0.39, 0.29) is 5.63 Å². The smallest absolute Gasteiger partial charge is 0.346 e. The third-order valence-electron chi connectivity index (χ3n) is 3.74. The number of hydrogen-bond acceptors (Lipinski definition) is 4. The number of nitrogens with zero attached hydrogens (tertiary/aromatic N) is 1. The van der Waals surface area contributed by atoms with Crippen LogP contribution in [0.15, 0.2) is 27.4 Å². The molecule has 0 fully saturated rings. The Balaban J connectivity index is 2.10. The SMILES string of the molecule is CCCCC(CC)COc1ccc2nc(C)oc(=O)c2c1. The number of fused-ring (bicyclic) bond motifs is 1. The van der Waals surface area contributed by atoms with Crippen molar-refractivity contribution in [1.82, 2.24) is 4.98 Å². The van der Waals surface area contributed by atoms with Crippen LogP contribution in [0.25, 0.3) is 10.9 Å². The van der Waals surface area contributed by atoms with Gasteiger partial charge in [0.1, 0.15) is 5.75 Å². The first-order valence-electron chi connectivity index (χ1n) is 7.68. The number of rotatable bonds is 7. The van der Waals surface area contributed by atoms with Gasteiger partial charge in [0.25, 0.3) is 0 Å². The molecule has 0 spiro atoms. The lowest BCUT2D eigenvalue weighted by Crippen LogP contribution is -2.11. The van der Waals surface area contributed by atoms with Crippen molar-refractivity contribution >= 4 is 10.9 Å². The maximum Gasteiger partial charge on any atom is 0.346 e. The lowest BCUT2D eigenvalue weighted by Gasteiger charge is -2.15. The van der Waals surface area contributed by atoms with Crippen LogP contribution in [0, 0.1) is 12.8 Å². The predicted molar refractivity (Wildman–Crippen MR) is 83.8 cm³/mol. The zero-order valence-electron chi connectivity index (χ0n) is 13.0. The Labute approximate surface area is 125 Å². The van der Waals surface area contributed by atoms with Gasteiger partial charge in [-0.05, 0) is 30.5 Å². The molecule has 0 saturated heterocycles. The first-order valence-corrected chi connectivity index (χ1v) is 7.68. The van der Waals surface area contributed by atoms with Crippen LogP contribution in [0.5, 0.6) is 5.75 Å². The van der Waals surface area contributed by atoms with Crippen LogP contribution in [-0.4, -0.2) is 11.6 Å². The summed E-state index contributed by atoms with van der Waals surface area (Å²) in [6, 6.07) is 5.39. The van der Waals surface area contributed by atoms with Gasteiger partial charge < -0.3 is 9.15 Å². The molecule has 114 valence electrons. The van der Waals surface area contributed by atoms with E-state index in [1.165, 1.54) is 19.3 Å². The van der Waals surface area contributed by atoms with Gasteiger partial charge in [0, 0.05) is 6.92 Å². The van der Waals surface area contributed by atoms with E-state index in [4.69, 9.17) is 9.15 Å². The van der Waals surface area contributed by atoms with Crippen molar-refractivity contribution in [3.8, 4) is 5.75 Å². The highest BCUT2D eigenvalue weighted by Crippen LogP contribution is 2.20. The van der Waals surface area contributed by atoms with Crippen LogP contribution < -0.4 is 10.4 Å². The average Bonchev–Trinajstić information content (AvgIpc) is 2.47. The molecule has 2 aromatic rings. The van der Waals surface area contributed by atoms with E-state index in [0.717, 1.165) is 6.42 Å². The molecule has 21 heavy (non-hydrogen) atoms. The van der Waals surface area contributed by atoms with Crippen LogP contribution >= 0.6 is 0 Å². The van der Waals surface area contributed by atoms with Crippen LogP contribution in [-0.2, 0) is 0 Å². The molecule has 4 nitrogen and oxygen atoms in total. The average molecular weight is 289 g/mol. The summed E-state index contributed by atoms with van der Waals surface area (Å²) in [6.45, 7) is 6.74. The standard InChI is InChI=1S/C17H23NO3/c1-4-6-7-13(5-2)11-20-14-8-9-16-15(10-14)17(19)21-12(3)18-16/h8-10,13H,4-7,11H2,1-3H3. The summed E-state index contributed by atoms with van der Waals surface area (Å²) in [5, 5.41) is 0.472. The van der Waals surface area contributed by atoms with Gasteiger partial charge in [0.05, 0.1) is 17.5 Å². The lowest BCUT2D eigenvalue weighted by atomic mass is 10.0. The summed E-state index contributed by atoms with van der Waals surface area (Å²) in [4.78, 5) is 16.0. The fourth-order valence-corrected chi connectivity index (χ4v) is 2.36. The molecule has 0 N–H and O–H groups in total. The summed E-state index contributed by atoms with van der Waals surface area (Å²) >= 11 is 0.